The van der Waals surface area contributed by atoms with Crippen molar-refractivity contribution >= 4 is 21.7 Å². The highest BCUT2D eigenvalue weighted by molar-refractivity contribution is 6.05. The molecule has 0 saturated heterocycles. The molecule has 130 valence electrons. The van der Waals surface area contributed by atoms with Crippen molar-refractivity contribution in [1.29, 1.82) is 0 Å². The molecule has 0 amide bonds. The number of nitrogens with one attached hydrogen (secondary N) is 1. The molecule has 0 radical (unpaired) electrons. The number of rotatable bonds is 4. The van der Waals surface area contributed by atoms with E-state index in [1.54, 1.807) is 12.1 Å². The van der Waals surface area contributed by atoms with Gasteiger partial charge in [0, 0.05) is 10.9 Å². The molecule has 4 aromatic rings. The molecule has 0 aliphatic carbocycles. The van der Waals surface area contributed by atoms with Crippen LogP contribution in [0.1, 0.15) is 11.1 Å². The van der Waals surface area contributed by atoms with Crippen molar-refractivity contribution in [1.82, 2.24) is 0 Å². The Morgan fingerprint density at radius 3 is 2.31 bits per heavy atom. The average molecular weight is 346 g/mol. The molecule has 0 fully saturated rings. The van der Waals surface area contributed by atoms with Gasteiger partial charge in [-0.25, -0.2) is 4.79 Å². The van der Waals surface area contributed by atoms with E-state index in [0.29, 0.717) is 23.1 Å². The molecule has 1 heterocycles. The number of aromatic hydroxyl groups is 1. The van der Waals surface area contributed by atoms with Crippen molar-refractivity contribution in [2.45, 2.75) is 13.1 Å². The zero-order valence-corrected chi connectivity index (χ0v) is 14.5. The maximum Gasteiger partial charge on any atom is 0.344 e. The zero-order chi connectivity index (χ0) is 18.1. The molecule has 0 aliphatic rings. The molecule has 1 unspecified atom stereocenters. The van der Waals surface area contributed by atoms with Crippen LogP contribution in [0.2, 0.25) is 0 Å². The Balaban J connectivity index is 1.79. The third-order valence-electron chi connectivity index (χ3n) is 4.69. The summed E-state index contributed by atoms with van der Waals surface area (Å²) in [6.45, 7) is 1.37. The van der Waals surface area contributed by atoms with E-state index < -0.39 is 0 Å². The van der Waals surface area contributed by atoms with Crippen molar-refractivity contribution in [3.05, 3.63) is 88.3 Å². The molecule has 26 heavy (non-hydrogen) atoms. The van der Waals surface area contributed by atoms with Crippen LogP contribution in [0.25, 0.3) is 21.7 Å². The van der Waals surface area contributed by atoms with E-state index in [4.69, 9.17) is 4.42 Å². The van der Waals surface area contributed by atoms with Crippen LogP contribution >= 0.6 is 0 Å². The number of hydrogen-bond acceptors (Lipinski definition) is 3. The fourth-order valence-corrected chi connectivity index (χ4v) is 3.47. The zero-order valence-electron chi connectivity index (χ0n) is 14.5. The van der Waals surface area contributed by atoms with Gasteiger partial charge in [0.05, 0.1) is 18.0 Å². The third kappa shape index (κ3) is 2.95. The summed E-state index contributed by atoms with van der Waals surface area (Å²) < 4.78 is 5.61. The average Bonchev–Trinajstić information content (AvgIpc) is 2.65. The first-order chi connectivity index (χ1) is 12.6. The van der Waals surface area contributed by atoms with Gasteiger partial charge >= 0.3 is 5.63 Å². The van der Waals surface area contributed by atoms with Crippen molar-refractivity contribution in [2.75, 3.05) is 7.05 Å². The largest absolute Gasteiger partial charge is 0.507 e. The lowest BCUT2D eigenvalue weighted by atomic mass is 10.0. The molecule has 4 heteroatoms. The third-order valence-corrected chi connectivity index (χ3v) is 4.69. The molecular weight excluding hydrogens is 326 g/mol. The fourth-order valence-electron chi connectivity index (χ4n) is 3.47. The number of phenolic OH excluding ortho intramolecular Hbond substituents is 1. The molecule has 0 saturated carbocycles. The number of fused-ring (bicyclic) bond motifs is 3. The van der Waals surface area contributed by atoms with Gasteiger partial charge in [-0.2, -0.15) is 0 Å². The van der Waals surface area contributed by atoms with Gasteiger partial charge in [0.2, 0.25) is 0 Å². The summed E-state index contributed by atoms with van der Waals surface area (Å²) >= 11 is 0. The van der Waals surface area contributed by atoms with Crippen LogP contribution in [0.4, 0.5) is 0 Å². The maximum atomic E-state index is 12.4. The number of benzene rings is 3. The van der Waals surface area contributed by atoms with Gasteiger partial charge in [0.15, 0.2) is 5.58 Å². The number of phenols is 1. The van der Waals surface area contributed by atoms with E-state index in [-0.39, 0.29) is 11.4 Å². The lowest BCUT2D eigenvalue weighted by Crippen LogP contribution is -3.06. The Bertz CT molecular complexity index is 1130. The predicted molar refractivity (Wildman–Crippen MR) is 102 cm³/mol. The molecule has 0 aliphatic heterocycles. The Hall–Kier alpha value is -3.11. The second-order valence-electron chi connectivity index (χ2n) is 6.67. The van der Waals surface area contributed by atoms with Gasteiger partial charge in [-0.15, -0.1) is 0 Å². The Labute approximate surface area is 150 Å². The smallest absolute Gasteiger partial charge is 0.344 e. The van der Waals surface area contributed by atoms with E-state index in [2.05, 4.69) is 19.2 Å². The van der Waals surface area contributed by atoms with Crippen molar-refractivity contribution < 1.29 is 14.4 Å². The first-order valence-corrected chi connectivity index (χ1v) is 8.65. The van der Waals surface area contributed by atoms with E-state index in [0.717, 1.165) is 17.3 Å². The van der Waals surface area contributed by atoms with Crippen LogP contribution in [-0.2, 0) is 13.1 Å². The van der Waals surface area contributed by atoms with Crippen molar-refractivity contribution in [2.24, 2.45) is 0 Å². The lowest BCUT2D eigenvalue weighted by molar-refractivity contribution is -0.907. The molecule has 1 aromatic heterocycles. The highest BCUT2D eigenvalue weighted by Crippen LogP contribution is 2.30. The van der Waals surface area contributed by atoms with Crippen molar-refractivity contribution in [3.8, 4) is 5.75 Å². The van der Waals surface area contributed by atoms with E-state index in [9.17, 15) is 9.90 Å². The molecule has 0 spiro atoms. The first kappa shape index (κ1) is 16.4. The Morgan fingerprint density at radius 1 is 0.846 bits per heavy atom. The topological polar surface area (TPSA) is 54.9 Å². The normalized spacial score (nSPS) is 12.5. The second-order valence-corrected chi connectivity index (χ2v) is 6.67. The molecule has 3 aromatic carbocycles. The Kier molecular flexibility index (Phi) is 4.19. The summed E-state index contributed by atoms with van der Waals surface area (Å²) in [5.41, 5.74) is 1.98. The molecule has 2 N–H and O–H groups in total. The van der Waals surface area contributed by atoms with E-state index >= 15 is 0 Å². The van der Waals surface area contributed by atoms with E-state index in [1.165, 1.54) is 10.5 Å². The van der Waals surface area contributed by atoms with Crippen LogP contribution in [0.3, 0.4) is 0 Å². The molecule has 4 rings (SSSR count). The summed E-state index contributed by atoms with van der Waals surface area (Å²) in [6.07, 6.45) is 0. The van der Waals surface area contributed by atoms with Gasteiger partial charge in [-0.1, -0.05) is 48.5 Å². The first-order valence-electron chi connectivity index (χ1n) is 8.65. The van der Waals surface area contributed by atoms with Gasteiger partial charge < -0.3 is 14.4 Å². The summed E-state index contributed by atoms with van der Waals surface area (Å²) in [4.78, 5) is 13.6. The summed E-state index contributed by atoms with van der Waals surface area (Å²) in [6, 6.07) is 21.1. The predicted octanol–water partition coefficient (Wildman–Crippen LogP) is 2.87. The standard InChI is InChI=1S/C22H19NO3/c1-23(13-15-7-3-2-4-8-15)14-19-20(24)12-11-17-16-9-5-6-10-18(16)22(25)26-21(17)19/h2-12,24H,13-14H2,1H3/p+1. The SMILES string of the molecule is C[NH+](Cc1ccccc1)Cc1c(O)ccc2c1oc(=O)c1ccccc12. The summed E-state index contributed by atoms with van der Waals surface area (Å²) in [5, 5.41) is 12.7. The summed E-state index contributed by atoms with van der Waals surface area (Å²) in [5.74, 6) is 0.156. The fraction of sp³-hybridized carbons (Fsp3) is 0.136. The quantitative estimate of drug-likeness (QED) is 0.441. The summed E-state index contributed by atoms with van der Waals surface area (Å²) in [7, 11) is 2.06. The van der Waals surface area contributed by atoms with Gasteiger partial charge in [0.25, 0.3) is 0 Å². The molecule has 4 nitrogen and oxygen atoms in total. The van der Waals surface area contributed by atoms with Crippen LogP contribution < -0.4 is 10.5 Å². The molecule has 0 bridgehead atoms. The number of hydrogen-bond donors (Lipinski definition) is 2. The Morgan fingerprint density at radius 2 is 1.54 bits per heavy atom. The van der Waals surface area contributed by atoms with Gasteiger partial charge in [0.1, 0.15) is 18.8 Å². The minimum Gasteiger partial charge on any atom is -0.507 e. The highest BCUT2D eigenvalue weighted by Gasteiger charge is 2.17. The minimum atomic E-state index is -0.374. The van der Waals surface area contributed by atoms with Gasteiger partial charge in [-0.3, -0.25) is 0 Å². The minimum absolute atomic E-state index is 0.156. The van der Waals surface area contributed by atoms with Crippen molar-refractivity contribution in [3.63, 3.8) is 0 Å². The maximum absolute atomic E-state index is 12.4. The van der Waals surface area contributed by atoms with Gasteiger partial charge in [-0.05, 0) is 23.6 Å². The van der Waals surface area contributed by atoms with Crippen LogP contribution in [0, 0.1) is 0 Å². The lowest BCUT2D eigenvalue weighted by Gasteiger charge is -2.16. The molecular formula is C22H20NO3+. The monoisotopic (exact) mass is 346 g/mol. The molecule has 1 atom stereocenters. The second kappa shape index (κ2) is 6.65. The van der Waals surface area contributed by atoms with E-state index in [1.807, 2.05) is 42.5 Å². The highest BCUT2D eigenvalue weighted by atomic mass is 16.4. The van der Waals surface area contributed by atoms with Crippen LogP contribution in [0.5, 0.6) is 5.75 Å². The van der Waals surface area contributed by atoms with Crippen LogP contribution in [-0.4, -0.2) is 12.2 Å². The number of quaternary nitrogens is 1. The van der Waals surface area contributed by atoms with Crippen LogP contribution in [0.15, 0.2) is 75.9 Å².